The summed E-state index contributed by atoms with van der Waals surface area (Å²) in [4.78, 5) is 13.0. The Morgan fingerprint density at radius 1 is 0.880 bits per heavy atom. The predicted octanol–water partition coefficient (Wildman–Crippen LogP) is 5.25. The second-order valence-corrected chi connectivity index (χ2v) is 6.36. The lowest BCUT2D eigenvalue weighted by Gasteiger charge is -2.16. The van der Waals surface area contributed by atoms with E-state index in [1.807, 2.05) is 87.0 Å². The van der Waals surface area contributed by atoms with Gasteiger partial charge in [-0.15, -0.1) is 5.11 Å². The van der Waals surface area contributed by atoms with E-state index in [4.69, 9.17) is 0 Å². The van der Waals surface area contributed by atoms with Gasteiger partial charge in [0.15, 0.2) is 5.69 Å². The Bertz CT molecular complexity index is 948. The summed E-state index contributed by atoms with van der Waals surface area (Å²) in [6, 6.07) is 17.5. The average molecular weight is 334 g/mol. The van der Waals surface area contributed by atoms with Crippen LogP contribution in [0, 0.1) is 13.8 Å². The van der Waals surface area contributed by atoms with Gasteiger partial charge in [-0.1, -0.05) is 35.9 Å². The molecule has 5 heteroatoms. The van der Waals surface area contributed by atoms with Gasteiger partial charge in [-0.25, -0.2) is 4.68 Å². The number of aromatic nitrogens is 2. The van der Waals surface area contributed by atoms with Crippen molar-refractivity contribution in [1.29, 1.82) is 0 Å². The summed E-state index contributed by atoms with van der Waals surface area (Å²) in [6.07, 6.45) is 0. The molecule has 0 spiro atoms. The zero-order valence-corrected chi connectivity index (χ0v) is 15.0. The Balaban J connectivity index is 2.12. The highest BCUT2D eigenvalue weighted by atomic mass is 16.1. The summed E-state index contributed by atoms with van der Waals surface area (Å²) in [5, 5.41) is 8.51. The SMILES string of the molecule is Cc1ccc(N=Nc2c(C)n(C(C)C)n(-c3ccccc3)c2=O)cc1. The van der Waals surface area contributed by atoms with Gasteiger partial charge in [0.2, 0.25) is 0 Å². The lowest BCUT2D eigenvalue weighted by molar-refractivity contribution is 0.467. The van der Waals surface area contributed by atoms with Crippen molar-refractivity contribution in [3.05, 3.63) is 76.2 Å². The van der Waals surface area contributed by atoms with Gasteiger partial charge in [0.1, 0.15) is 0 Å². The molecule has 3 rings (SSSR count). The van der Waals surface area contributed by atoms with Gasteiger partial charge in [-0.3, -0.25) is 9.48 Å². The molecule has 2 aromatic carbocycles. The molecule has 0 saturated carbocycles. The van der Waals surface area contributed by atoms with Crippen LogP contribution in [-0.4, -0.2) is 9.36 Å². The second-order valence-electron chi connectivity index (χ2n) is 6.36. The summed E-state index contributed by atoms with van der Waals surface area (Å²) < 4.78 is 3.63. The lowest BCUT2D eigenvalue weighted by Crippen LogP contribution is -2.22. The highest BCUT2D eigenvalue weighted by Gasteiger charge is 2.19. The van der Waals surface area contributed by atoms with E-state index in [2.05, 4.69) is 10.2 Å². The quantitative estimate of drug-likeness (QED) is 0.601. The van der Waals surface area contributed by atoms with Gasteiger partial charge in [0, 0.05) is 6.04 Å². The minimum atomic E-state index is -0.159. The van der Waals surface area contributed by atoms with Crippen LogP contribution < -0.4 is 5.56 Å². The van der Waals surface area contributed by atoms with Gasteiger partial charge in [-0.2, -0.15) is 5.11 Å². The second kappa shape index (κ2) is 6.89. The highest BCUT2D eigenvalue weighted by Crippen LogP contribution is 2.24. The van der Waals surface area contributed by atoms with Crippen molar-refractivity contribution in [3.63, 3.8) is 0 Å². The van der Waals surface area contributed by atoms with Crippen LogP contribution in [0.5, 0.6) is 0 Å². The van der Waals surface area contributed by atoms with Crippen LogP contribution >= 0.6 is 0 Å². The van der Waals surface area contributed by atoms with E-state index in [1.165, 1.54) is 0 Å². The molecule has 0 aliphatic rings. The Hall–Kier alpha value is -2.95. The van der Waals surface area contributed by atoms with Crippen LogP contribution in [0.2, 0.25) is 0 Å². The van der Waals surface area contributed by atoms with Crippen LogP contribution in [0.25, 0.3) is 5.69 Å². The van der Waals surface area contributed by atoms with Crippen molar-refractivity contribution in [1.82, 2.24) is 9.36 Å². The van der Waals surface area contributed by atoms with Gasteiger partial charge in [0.05, 0.1) is 17.1 Å². The molecule has 0 aliphatic carbocycles. The van der Waals surface area contributed by atoms with Crippen molar-refractivity contribution in [3.8, 4) is 5.69 Å². The largest absolute Gasteiger partial charge is 0.299 e. The molecule has 0 radical (unpaired) electrons. The van der Waals surface area contributed by atoms with Crippen LogP contribution in [0.4, 0.5) is 11.4 Å². The standard InChI is InChI=1S/C20H22N4O/c1-14(2)23-16(4)19(22-21-17-12-10-15(3)11-13-17)20(25)24(23)18-8-6-5-7-9-18/h5-14H,1-4H3. The number of rotatable bonds is 4. The summed E-state index contributed by atoms with van der Waals surface area (Å²) in [7, 11) is 0. The smallest absolute Gasteiger partial charge is 0.277 e. The van der Waals surface area contributed by atoms with Gasteiger partial charge in [0.25, 0.3) is 5.56 Å². The Labute approximate surface area is 147 Å². The van der Waals surface area contributed by atoms with E-state index in [9.17, 15) is 4.79 Å². The number of para-hydroxylation sites is 1. The maximum absolute atomic E-state index is 13.0. The normalized spacial score (nSPS) is 11.6. The summed E-state index contributed by atoms with van der Waals surface area (Å²) >= 11 is 0. The maximum Gasteiger partial charge on any atom is 0.299 e. The van der Waals surface area contributed by atoms with Crippen molar-refractivity contribution < 1.29 is 0 Å². The van der Waals surface area contributed by atoms with Crippen LogP contribution in [0.3, 0.4) is 0 Å². The van der Waals surface area contributed by atoms with E-state index in [0.29, 0.717) is 5.69 Å². The molecular formula is C20H22N4O. The Morgan fingerprint density at radius 3 is 2.12 bits per heavy atom. The fourth-order valence-corrected chi connectivity index (χ4v) is 2.87. The number of azo groups is 1. The molecule has 0 aliphatic heterocycles. The van der Waals surface area contributed by atoms with Crippen molar-refractivity contribution in [2.24, 2.45) is 10.2 Å². The van der Waals surface area contributed by atoms with E-state index in [0.717, 1.165) is 22.6 Å². The molecule has 1 heterocycles. The lowest BCUT2D eigenvalue weighted by atomic mass is 10.2. The van der Waals surface area contributed by atoms with E-state index < -0.39 is 0 Å². The van der Waals surface area contributed by atoms with E-state index in [1.54, 1.807) is 4.68 Å². The monoisotopic (exact) mass is 334 g/mol. The number of hydrogen-bond donors (Lipinski definition) is 0. The van der Waals surface area contributed by atoms with Crippen molar-refractivity contribution >= 4 is 11.4 Å². The van der Waals surface area contributed by atoms with E-state index >= 15 is 0 Å². The third-order valence-electron chi connectivity index (χ3n) is 4.09. The average Bonchev–Trinajstić information content (AvgIpc) is 2.86. The predicted molar refractivity (Wildman–Crippen MR) is 101 cm³/mol. The molecule has 5 nitrogen and oxygen atoms in total. The molecule has 0 N–H and O–H groups in total. The zero-order valence-electron chi connectivity index (χ0n) is 15.0. The van der Waals surface area contributed by atoms with Crippen molar-refractivity contribution in [2.75, 3.05) is 0 Å². The molecule has 0 saturated heterocycles. The molecule has 1 aromatic heterocycles. The highest BCUT2D eigenvalue weighted by molar-refractivity contribution is 5.45. The van der Waals surface area contributed by atoms with Crippen LogP contribution in [0.1, 0.15) is 31.1 Å². The first-order valence-electron chi connectivity index (χ1n) is 8.37. The molecule has 0 bridgehead atoms. The summed E-state index contributed by atoms with van der Waals surface area (Å²) in [5.74, 6) is 0. The third-order valence-corrected chi connectivity index (χ3v) is 4.09. The Morgan fingerprint density at radius 2 is 1.52 bits per heavy atom. The molecule has 0 fully saturated rings. The maximum atomic E-state index is 13.0. The first-order chi connectivity index (χ1) is 12.0. The molecule has 3 aromatic rings. The van der Waals surface area contributed by atoms with Gasteiger partial charge in [-0.05, 0) is 52.0 Å². The minimum absolute atomic E-state index is 0.122. The van der Waals surface area contributed by atoms with Gasteiger partial charge >= 0.3 is 0 Å². The summed E-state index contributed by atoms with van der Waals surface area (Å²) in [5.41, 5.74) is 3.73. The van der Waals surface area contributed by atoms with Crippen LogP contribution in [-0.2, 0) is 0 Å². The number of nitrogens with zero attached hydrogens (tertiary/aromatic N) is 4. The molecule has 0 amide bonds. The third kappa shape index (κ3) is 3.31. The molecule has 0 atom stereocenters. The minimum Gasteiger partial charge on any atom is -0.277 e. The fraction of sp³-hybridized carbons (Fsp3) is 0.250. The van der Waals surface area contributed by atoms with E-state index in [-0.39, 0.29) is 11.6 Å². The fourth-order valence-electron chi connectivity index (χ4n) is 2.87. The van der Waals surface area contributed by atoms with Gasteiger partial charge < -0.3 is 0 Å². The first kappa shape index (κ1) is 16.9. The van der Waals surface area contributed by atoms with Crippen LogP contribution in [0.15, 0.2) is 69.6 Å². The summed E-state index contributed by atoms with van der Waals surface area (Å²) in [6.45, 7) is 8.02. The van der Waals surface area contributed by atoms with Crippen molar-refractivity contribution in [2.45, 2.75) is 33.7 Å². The number of aryl methyl sites for hydroxylation is 1. The molecule has 25 heavy (non-hydrogen) atoms. The molecule has 0 unspecified atom stereocenters. The number of benzene rings is 2. The Kier molecular flexibility index (Phi) is 4.65. The zero-order chi connectivity index (χ0) is 18.0. The topological polar surface area (TPSA) is 51.6 Å². The molecular weight excluding hydrogens is 312 g/mol. The first-order valence-corrected chi connectivity index (χ1v) is 8.37. The molecule has 128 valence electrons. The number of hydrogen-bond acceptors (Lipinski definition) is 3.